The first-order valence-corrected chi connectivity index (χ1v) is 17.6. The summed E-state index contributed by atoms with van der Waals surface area (Å²) in [6, 6.07) is 8.73. The zero-order valence-electron chi connectivity index (χ0n) is 28.1. The molecule has 1 spiro atoms. The van der Waals surface area contributed by atoms with E-state index in [1.807, 2.05) is 29.0 Å². The van der Waals surface area contributed by atoms with Crippen molar-refractivity contribution < 1.29 is 22.8 Å². The predicted molar refractivity (Wildman–Crippen MR) is 179 cm³/mol. The van der Waals surface area contributed by atoms with Crippen LogP contribution in [-0.2, 0) is 22.8 Å². The predicted octanol–water partition coefficient (Wildman–Crippen LogP) is 3.82. The fourth-order valence-electron chi connectivity index (χ4n) is 8.96. The third-order valence-corrected chi connectivity index (χ3v) is 11.7. The minimum atomic E-state index is -4.47. The normalized spacial score (nSPS) is 28.8. The Morgan fingerprint density at radius 3 is 2.58 bits per heavy atom. The monoisotopic (exact) mass is 689 g/mol. The van der Waals surface area contributed by atoms with Crippen molar-refractivity contribution in [3.63, 3.8) is 0 Å². The minimum absolute atomic E-state index is 0.0220. The lowest BCUT2D eigenvalue weighted by Crippen LogP contribution is -2.47. The van der Waals surface area contributed by atoms with Gasteiger partial charge in [0.1, 0.15) is 6.33 Å². The van der Waals surface area contributed by atoms with Gasteiger partial charge in [-0.1, -0.05) is 30.3 Å². The van der Waals surface area contributed by atoms with Crippen molar-refractivity contribution >= 4 is 17.4 Å². The van der Waals surface area contributed by atoms with Crippen LogP contribution in [0.4, 0.5) is 13.2 Å². The van der Waals surface area contributed by atoms with Crippen LogP contribution in [0.3, 0.4) is 0 Å². The highest BCUT2D eigenvalue weighted by molar-refractivity contribution is 5.86. The van der Waals surface area contributed by atoms with Crippen molar-refractivity contribution in [1.29, 1.82) is 0 Å². The van der Waals surface area contributed by atoms with E-state index < -0.39 is 23.2 Å². The largest absolute Gasteiger partial charge is 0.416 e. The van der Waals surface area contributed by atoms with Crippen LogP contribution in [0.5, 0.6) is 0 Å². The Bertz CT molecular complexity index is 1790. The maximum atomic E-state index is 14.1. The summed E-state index contributed by atoms with van der Waals surface area (Å²) in [7, 11) is 1.84. The first-order valence-electron chi connectivity index (χ1n) is 17.6. The van der Waals surface area contributed by atoms with Gasteiger partial charge in [0.05, 0.1) is 23.6 Å². The van der Waals surface area contributed by atoms with Crippen LogP contribution in [0.15, 0.2) is 55.1 Å². The number of hydrogen-bond acceptors (Lipinski definition) is 8. The Morgan fingerprint density at radius 2 is 1.84 bits per heavy atom. The highest BCUT2D eigenvalue weighted by Gasteiger charge is 2.54. The molecule has 3 aromatic rings. The first kappa shape index (κ1) is 33.0. The molecule has 11 nitrogen and oxygen atoms in total. The Morgan fingerprint density at radius 1 is 1.04 bits per heavy atom. The summed E-state index contributed by atoms with van der Waals surface area (Å²) in [5.41, 5.74) is 8.65. The van der Waals surface area contributed by atoms with E-state index in [1.165, 1.54) is 18.0 Å². The number of hydrazine groups is 1. The molecule has 2 aromatic heterocycles. The topological polar surface area (TPSA) is 112 Å². The van der Waals surface area contributed by atoms with Gasteiger partial charge in [-0.25, -0.2) is 10.4 Å². The number of carbonyl (C=O) groups is 2. The Labute approximate surface area is 288 Å². The van der Waals surface area contributed by atoms with E-state index in [2.05, 4.69) is 49.0 Å². The van der Waals surface area contributed by atoms with Crippen molar-refractivity contribution in [2.75, 3.05) is 39.3 Å². The molecule has 4 unspecified atom stereocenters. The third-order valence-electron chi connectivity index (χ3n) is 11.7. The highest BCUT2D eigenvalue weighted by Crippen LogP contribution is 2.47. The zero-order valence-corrected chi connectivity index (χ0v) is 28.1. The number of rotatable bonds is 6. The summed E-state index contributed by atoms with van der Waals surface area (Å²) in [5, 5.41) is 4.36. The summed E-state index contributed by atoms with van der Waals surface area (Å²) >= 11 is 0. The van der Waals surface area contributed by atoms with Crippen LogP contribution in [0.1, 0.15) is 61.3 Å². The Kier molecular flexibility index (Phi) is 8.51. The van der Waals surface area contributed by atoms with Gasteiger partial charge in [0.2, 0.25) is 11.8 Å². The second kappa shape index (κ2) is 12.9. The average Bonchev–Trinajstić information content (AvgIpc) is 3.92. The molecule has 0 bridgehead atoms. The average molecular weight is 690 g/mol. The standard InChI is InChI=1S/C36H42F3N9O2/c1-45-22-41-33(44-45)25-4-2-23(3-5-25)24-9-14-47(15-10-24)31(49)20-46-16-11-35(21-46)12-17-48(34(35)50)26-6-7-30-27(18-26)32(43-42-30)28-19-40-13-8-29(28)36(37,38)39/h2-5,8-9,13,19,22,26-27,30,32,42-43H,6-7,10-12,14-18,20-21H2,1H3/t26?,27?,30?,32?,35-/m0/s1. The van der Waals surface area contributed by atoms with Crippen LogP contribution in [-0.4, -0.2) is 97.6 Å². The van der Waals surface area contributed by atoms with Crippen molar-refractivity contribution in [2.45, 2.75) is 62.8 Å². The number of likely N-dealkylation sites (tertiary alicyclic amines) is 2. The molecule has 0 radical (unpaired) electrons. The quantitative estimate of drug-likeness (QED) is 0.402. The molecule has 1 aromatic carbocycles. The van der Waals surface area contributed by atoms with Crippen LogP contribution < -0.4 is 10.9 Å². The van der Waals surface area contributed by atoms with Gasteiger partial charge in [-0.05, 0) is 68.2 Å². The molecule has 8 rings (SSSR count). The number of nitrogens with zero attached hydrogens (tertiary/aromatic N) is 7. The van der Waals surface area contributed by atoms with Crippen LogP contribution in [0, 0.1) is 11.3 Å². The van der Waals surface area contributed by atoms with Gasteiger partial charge in [-0.3, -0.25) is 29.6 Å². The number of aryl methyl sites for hydroxylation is 1. The zero-order chi connectivity index (χ0) is 34.6. The summed E-state index contributed by atoms with van der Waals surface area (Å²) < 4.78 is 43.3. The van der Waals surface area contributed by atoms with E-state index in [0.717, 1.165) is 49.3 Å². The number of benzene rings is 1. The number of nitrogens with one attached hydrogen (secondary N) is 2. The molecular weight excluding hydrogens is 647 g/mol. The third kappa shape index (κ3) is 6.11. The van der Waals surface area contributed by atoms with E-state index in [4.69, 9.17) is 0 Å². The van der Waals surface area contributed by atoms with E-state index in [-0.39, 0.29) is 35.4 Å². The number of hydrogen-bond donors (Lipinski definition) is 2. The lowest BCUT2D eigenvalue weighted by molar-refractivity contribution is -0.139. The SMILES string of the molecule is Cn1cnc(-c2ccc(C3=CCN(C(=O)CN4CC[C@]5(CCN(C6CCC7NNC(c8cnccc8C(F)(F)F)C7C6)C5=O)C4)CC3)cc2)n1. The maximum Gasteiger partial charge on any atom is 0.416 e. The number of carbonyl (C=O) groups excluding carboxylic acids is 2. The molecule has 5 aliphatic rings. The van der Waals surface area contributed by atoms with Crippen molar-refractivity contribution in [3.8, 4) is 11.4 Å². The lowest BCUT2D eigenvalue weighted by atomic mass is 9.76. The van der Waals surface area contributed by atoms with E-state index in [9.17, 15) is 22.8 Å². The van der Waals surface area contributed by atoms with Gasteiger partial charge in [-0.15, -0.1) is 0 Å². The molecule has 1 saturated carbocycles. The smallest absolute Gasteiger partial charge is 0.339 e. The number of aromatic nitrogens is 4. The van der Waals surface area contributed by atoms with Gasteiger partial charge >= 0.3 is 6.18 Å². The van der Waals surface area contributed by atoms with Crippen molar-refractivity contribution in [1.82, 2.24) is 45.3 Å². The number of amides is 2. The summed E-state index contributed by atoms with van der Waals surface area (Å²) in [6.07, 6.45) is 6.29. The Hall–Kier alpha value is -4.14. The van der Waals surface area contributed by atoms with E-state index in [0.29, 0.717) is 51.5 Å². The van der Waals surface area contributed by atoms with Gasteiger partial charge in [0, 0.05) is 68.8 Å². The lowest BCUT2D eigenvalue weighted by Gasteiger charge is -2.39. The molecule has 1 aliphatic carbocycles. The molecule has 264 valence electrons. The fraction of sp³-hybridized carbons (Fsp3) is 0.528. The summed E-state index contributed by atoms with van der Waals surface area (Å²) in [5.74, 6) is 0.814. The molecule has 2 N–H and O–H groups in total. The second-order valence-electron chi connectivity index (χ2n) is 14.6. The number of alkyl halides is 3. The van der Waals surface area contributed by atoms with Gasteiger partial charge in [-0.2, -0.15) is 18.3 Å². The first-order chi connectivity index (χ1) is 24.1. The van der Waals surface area contributed by atoms with Crippen LogP contribution >= 0.6 is 0 Å². The van der Waals surface area contributed by atoms with Crippen molar-refractivity contribution in [2.24, 2.45) is 18.4 Å². The van der Waals surface area contributed by atoms with E-state index >= 15 is 0 Å². The van der Waals surface area contributed by atoms with Crippen molar-refractivity contribution in [3.05, 3.63) is 71.8 Å². The molecule has 3 saturated heterocycles. The number of fused-ring (bicyclic) bond motifs is 1. The second-order valence-corrected chi connectivity index (χ2v) is 14.6. The molecule has 2 amide bonds. The molecule has 6 heterocycles. The maximum absolute atomic E-state index is 14.1. The van der Waals surface area contributed by atoms with Gasteiger partial charge < -0.3 is 9.80 Å². The molecule has 4 aliphatic heterocycles. The van der Waals surface area contributed by atoms with E-state index in [1.54, 1.807) is 11.0 Å². The number of halogens is 3. The van der Waals surface area contributed by atoms with Gasteiger partial charge in [0.25, 0.3) is 0 Å². The summed E-state index contributed by atoms with van der Waals surface area (Å²) in [6.45, 7) is 3.41. The van der Waals surface area contributed by atoms with Crippen LogP contribution in [0.2, 0.25) is 0 Å². The summed E-state index contributed by atoms with van der Waals surface area (Å²) in [4.78, 5) is 41.8. The minimum Gasteiger partial charge on any atom is -0.339 e. The molecule has 14 heteroatoms. The molecule has 4 fully saturated rings. The van der Waals surface area contributed by atoms with Crippen LogP contribution in [0.25, 0.3) is 17.0 Å². The van der Waals surface area contributed by atoms with Gasteiger partial charge in [0.15, 0.2) is 5.82 Å². The molecular formula is C36H42F3N9O2. The molecule has 50 heavy (non-hydrogen) atoms. The Balaban J connectivity index is 0.860. The highest BCUT2D eigenvalue weighted by atomic mass is 19.4. The number of pyridine rings is 1. The fourth-order valence-corrected chi connectivity index (χ4v) is 8.96. The molecule has 5 atom stereocenters.